The third-order valence-electron chi connectivity index (χ3n) is 5.42. The number of halogens is 1. The summed E-state index contributed by atoms with van der Waals surface area (Å²) < 4.78 is 10.7. The van der Waals surface area contributed by atoms with Crippen LogP contribution in [-0.2, 0) is 11.3 Å². The van der Waals surface area contributed by atoms with E-state index in [4.69, 9.17) is 9.15 Å². The van der Waals surface area contributed by atoms with E-state index in [9.17, 15) is 4.79 Å². The van der Waals surface area contributed by atoms with Crippen LogP contribution in [0.15, 0.2) is 52.1 Å². The molecule has 0 bridgehead atoms. The zero-order chi connectivity index (χ0) is 22.8. The average Bonchev–Trinajstić information content (AvgIpc) is 3.34. The molecule has 3 rings (SSSR count). The molecule has 0 saturated carbocycles. The van der Waals surface area contributed by atoms with Gasteiger partial charge in [-0.15, -0.1) is 24.0 Å². The number of aliphatic imine (C=N–C) groups is 1. The average molecular weight is 569 g/mol. The van der Waals surface area contributed by atoms with Crippen molar-refractivity contribution >= 4 is 41.5 Å². The largest absolute Gasteiger partial charge is 0.459 e. The Kier molecular flexibility index (Phi) is 11.7. The molecule has 3 N–H and O–H groups in total. The van der Waals surface area contributed by atoms with Crippen molar-refractivity contribution in [3.05, 3.63) is 54.0 Å². The second-order valence-corrected chi connectivity index (χ2v) is 8.37. The first-order valence-electron chi connectivity index (χ1n) is 11.2. The molecular weight excluding hydrogens is 533 g/mol. The maximum atomic E-state index is 12.2. The number of benzene rings is 1. The number of guanidine groups is 1. The van der Waals surface area contributed by atoms with Gasteiger partial charge in [-0.2, -0.15) is 0 Å². The van der Waals surface area contributed by atoms with Crippen LogP contribution < -0.4 is 16.0 Å². The summed E-state index contributed by atoms with van der Waals surface area (Å²) in [5.74, 6) is 1.40. The van der Waals surface area contributed by atoms with Gasteiger partial charge in [0.05, 0.1) is 19.5 Å². The van der Waals surface area contributed by atoms with Gasteiger partial charge in [0.15, 0.2) is 11.7 Å². The molecule has 1 amide bonds. The Morgan fingerprint density at radius 3 is 2.61 bits per heavy atom. The van der Waals surface area contributed by atoms with Crippen LogP contribution in [-0.4, -0.2) is 62.7 Å². The van der Waals surface area contributed by atoms with E-state index in [1.807, 2.05) is 24.3 Å². The van der Waals surface area contributed by atoms with E-state index >= 15 is 0 Å². The molecule has 1 aliphatic rings. The molecule has 2 aromatic rings. The van der Waals surface area contributed by atoms with Crippen LogP contribution in [0.5, 0.6) is 0 Å². The van der Waals surface area contributed by atoms with Crippen molar-refractivity contribution in [3.8, 4) is 0 Å². The fourth-order valence-corrected chi connectivity index (χ4v) is 3.83. The Labute approximate surface area is 213 Å². The lowest BCUT2D eigenvalue weighted by Crippen LogP contribution is -2.50. The Hall–Kier alpha value is -2.11. The normalized spacial score (nSPS) is 15.6. The first-order chi connectivity index (χ1) is 15.5. The molecule has 2 heterocycles. The standard InChI is InChI=1S/C24H35N5O3.HI/c1-18(2)14-21(29-9-12-31-13-10-29)17-27-24(25-3)26-16-19-6-4-7-20(15-19)28-23(30)22-8-5-11-32-22;/h4-8,11,15,18,21H,9-10,12-14,16-17H2,1-3H3,(H,28,30)(H2,25,26,27);1H. The number of anilines is 1. The summed E-state index contributed by atoms with van der Waals surface area (Å²) >= 11 is 0. The molecule has 1 aromatic carbocycles. The Morgan fingerprint density at radius 2 is 1.94 bits per heavy atom. The van der Waals surface area contributed by atoms with Gasteiger partial charge in [0.25, 0.3) is 5.91 Å². The van der Waals surface area contributed by atoms with Crippen LogP contribution in [0.2, 0.25) is 0 Å². The molecular formula is C24H36IN5O3. The second kappa shape index (κ2) is 14.2. The van der Waals surface area contributed by atoms with Crippen molar-refractivity contribution in [1.82, 2.24) is 15.5 Å². The Bertz CT molecular complexity index is 867. The van der Waals surface area contributed by atoms with Crippen molar-refractivity contribution in [2.24, 2.45) is 10.9 Å². The number of hydrogen-bond acceptors (Lipinski definition) is 5. The summed E-state index contributed by atoms with van der Waals surface area (Å²) in [5, 5.41) is 9.71. The smallest absolute Gasteiger partial charge is 0.291 e. The molecule has 9 heteroatoms. The minimum absolute atomic E-state index is 0. The van der Waals surface area contributed by atoms with Gasteiger partial charge < -0.3 is 25.1 Å². The minimum Gasteiger partial charge on any atom is -0.459 e. The summed E-state index contributed by atoms with van der Waals surface area (Å²) in [6.07, 6.45) is 2.61. The molecule has 1 aliphatic heterocycles. The lowest BCUT2D eigenvalue weighted by Gasteiger charge is -2.35. The second-order valence-electron chi connectivity index (χ2n) is 8.37. The third kappa shape index (κ3) is 8.98. The van der Waals surface area contributed by atoms with E-state index in [-0.39, 0.29) is 35.6 Å². The predicted octanol–water partition coefficient (Wildman–Crippen LogP) is 3.56. The van der Waals surface area contributed by atoms with Crippen molar-refractivity contribution in [2.45, 2.75) is 32.9 Å². The number of hydrogen-bond donors (Lipinski definition) is 3. The molecule has 33 heavy (non-hydrogen) atoms. The topological polar surface area (TPSA) is 91.1 Å². The van der Waals surface area contributed by atoms with Crippen molar-refractivity contribution in [1.29, 1.82) is 0 Å². The summed E-state index contributed by atoms with van der Waals surface area (Å²) in [5.41, 5.74) is 1.76. The van der Waals surface area contributed by atoms with Gasteiger partial charge in [0.1, 0.15) is 0 Å². The molecule has 0 spiro atoms. The number of morpholine rings is 1. The summed E-state index contributed by atoms with van der Waals surface area (Å²) in [6, 6.07) is 11.5. The monoisotopic (exact) mass is 569 g/mol. The maximum absolute atomic E-state index is 12.2. The lowest BCUT2D eigenvalue weighted by atomic mass is 10.0. The van der Waals surface area contributed by atoms with Crippen LogP contribution >= 0.6 is 24.0 Å². The van der Waals surface area contributed by atoms with E-state index in [1.54, 1.807) is 19.2 Å². The Morgan fingerprint density at radius 1 is 1.15 bits per heavy atom. The van der Waals surface area contributed by atoms with Gasteiger partial charge in [0.2, 0.25) is 0 Å². The number of rotatable bonds is 9. The van der Waals surface area contributed by atoms with Crippen LogP contribution in [0.1, 0.15) is 36.4 Å². The minimum atomic E-state index is -0.267. The number of carbonyl (C=O) groups is 1. The van der Waals surface area contributed by atoms with Gasteiger partial charge in [-0.25, -0.2) is 0 Å². The zero-order valence-electron chi connectivity index (χ0n) is 19.7. The highest BCUT2D eigenvalue weighted by atomic mass is 127. The number of nitrogens with zero attached hydrogens (tertiary/aromatic N) is 2. The third-order valence-corrected chi connectivity index (χ3v) is 5.42. The van der Waals surface area contributed by atoms with Crippen molar-refractivity contribution < 1.29 is 13.9 Å². The summed E-state index contributed by atoms with van der Waals surface area (Å²) in [6.45, 7) is 9.50. The zero-order valence-corrected chi connectivity index (χ0v) is 22.0. The molecule has 1 unspecified atom stereocenters. The fraction of sp³-hybridized carbons (Fsp3) is 0.500. The lowest BCUT2D eigenvalue weighted by molar-refractivity contribution is 0.0132. The van der Waals surface area contributed by atoms with Crippen LogP contribution in [0.3, 0.4) is 0 Å². The first kappa shape index (κ1) is 27.1. The van der Waals surface area contributed by atoms with Gasteiger partial charge in [0, 0.05) is 45.0 Å². The molecule has 1 atom stereocenters. The number of furan rings is 1. The van der Waals surface area contributed by atoms with Crippen LogP contribution in [0, 0.1) is 5.92 Å². The van der Waals surface area contributed by atoms with E-state index in [1.165, 1.54) is 6.26 Å². The molecule has 8 nitrogen and oxygen atoms in total. The van der Waals surface area contributed by atoms with Gasteiger partial charge >= 0.3 is 0 Å². The Balaban J connectivity index is 0.00000385. The van der Waals surface area contributed by atoms with E-state index in [0.717, 1.165) is 56.5 Å². The van der Waals surface area contributed by atoms with Gasteiger partial charge in [-0.1, -0.05) is 26.0 Å². The number of amides is 1. The number of carbonyl (C=O) groups excluding carboxylic acids is 1. The molecule has 1 saturated heterocycles. The fourth-order valence-electron chi connectivity index (χ4n) is 3.83. The number of ether oxygens (including phenoxy) is 1. The molecule has 1 aromatic heterocycles. The van der Waals surface area contributed by atoms with E-state index < -0.39 is 0 Å². The van der Waals surface area contributed by atoms with Gasteiger partial charge in [-0.3, -0.25) is 14.7 Å². The highest BCUT2D eigenvalue weighted by Gasteiger charge is 2.22. The van der Waals surface area contributed by atoms with Crippen molar-refractivity contribution in [2.75, 3.05) is 45.2 Å². The van der Waals surface area contributed by atoms with Crippen LogP contribution in [0.25, 0.3) is 0 Å². The van der Waals surface area contributed by atoms with Crippen molar-refractivity contribution in [3.63, 3.8) is 0 Å². The summed E-state index contributed by atoms with van der Waals surface area (Å²) in [7, 11) is 1.78. The first-order valence-corrected chi connectivity index (χ1v) is 11.2. The van der Waals surface area contributed by atoms with Crippen LogP contribution in [0.4, 0.5) is 5.69 Å². The molecule has 182 valence electrons. The summed E-state index contributed by atoms with van der Waals surface area (Å²) in [4.78, 5) is 19.1. The quantitative estimate of drug-likeness (QED) is 0.243. The highest BCUT2D eigenvalue weighted by molar-refractivity contribution is 14.0. The molecule has 0 aliphatic carbocycles. The van der Waals surface area contributed by atoms with E-state index in [2.05, 4.69) is 39.7 Å². The maximum Gasteiger partial charge on any atom is 0.291 e. The highest BCUT2D eigenvalue weighted by Crippen LogP contribution is 2.14. The van der Waals surface area contributed by atoms with Gasteiger partial charge in [-0.05, 0) is 42.2 Å². The SMILES string of the molecule is CN=C(NCc1cccc(NC(=O)c2ccco2)c1)NCC(CC(C)C)N1CCOCC1.I. The predicted molar refractivity (Wildman–Crippen MR) is 142 cm³/mol. The number of nitrogens with one attached hydrogen (secondary N) is 3. The van der Waals surface area contributed by atoms with E-state index in [0.29, 0.717) is 18.5 Å². The molecule has 1 fully saturated rings. The molecule has 0 radical (unpaired) electrons.